The van der Waals surface area contributed by atoms with Crippen molar-refractivity contribution in [2.45, 2.75) is 19.9 Å². The summed E-state index contributed by atoms with van der Waals surface area (Å²) in [5, 5.41) is 8.36. The highest BCUT2D eigenvalue weighted by atomic mass is 16.5. The Bertz CT molecular complexity index is 961. The molecule has 0 unspecified atom stereocenters. The van der Waals surface area contributed by atoms with Gasteiger partial charge in [0.2, 0.25) is 0 Å². The van der Waals surface area contributed by atoms with E-state index in [4.69, 9.17) is 14.0 Å². The number of benzene rings is 1. The van der Waals surface area contributed by atoms with Gasteiger partial charge in [0.15, 0.2) is 11.5 Å². The number of nitrogens with zero attached hydrogens (tertiary/aromatic N) is 3. The number of aromatic nitrogens is 3. The summed E-state index contributed by atoms with van der Waals surface area (Å²) in [6.07, 6.45) is 0.851. The van der Waals surface area contributed by atoms with Crippen LogP contribution in [-0.4, -0.2) is 28.2 Å². The second-order valence-electron chi connectivity index (χ2n) is 5.86. The lowest BCUT2D eigenvalue weighted by molar-refractivity contribution is 0.297. The number of aryl methyl sites for hydroxylation is 1. The van der Waals surface area contributed by atoms with Gasteiger partial charge in [-0.25, -0.2) is 4.68 Å². The Kier molecular flexibility index (Phi) is 3.97. The summed E-state index contributed by atoms with van der Waals surface area (Å²) < 4.78 is 17.8. The predicted octanol–water partition coefficient (Wildman–Crippen LogP) is 2.42. The van der Waals surface area contributed by atoms with Crippen LogP contribution in [0.1, 0.15) is 17.9 Å². The highest BCUT2D eigenvalue weighted by Gasteiger charge is 2.13. The first-order valence-corrected chi connectivity index (χ1v) is 8.09. The number of fused-ring (bicyclic) bond motifs is 1. The number of hydrogen-bond donors (Lipinski definition) is 0. The first kappa shape index (κ1) is 15.4. The standard InChI is InChI=1S/C18H17N3O4/c1-12-9-14(20-25-12)11-21-18(22)6-4-15(19-21)13-3-5-16-17(10-13)24-8-2-7-23-16/h3-6,9-10H,2,7-8,11H2,1H3. The van der Waals surface area contributed by atoms with Crippen LogP contribution in [-0.2, 0) is 6.54 Å². The Hall–Kier alpha value is -3.09. The van der Waals surface area contributed by atoms with Crippen LogP contribution in [0, 0.1) is 6.92 Å². The summed E-state index contributed by atoms with van der Waals surface area (Å²) in [6.45, 7) is 3.33. The van der Waals surface area contributed by atoms with Gasteiger partial charge in [-0.2, -0.15) is 5.10 Å². The van der Waals surface area contributed by atoms with Crippen molar-refractivity contribution in [2.24, 2.45) is 0 Å². The number of rotatable bonds is 3. The minimum atomic E-state index is -0.196. The third-order valence-corrected chi connectivity index (χ3v) is 3.90. The van der Waals surface area contributed by atoms with Crippen molar-refractivity contribution in [2.75, 3.05) is 13.2 Å². The molecule has 4 rings (SSSR count). The van der Waals surface area contributed by atoms with Crippen LogP contribution in [0.25, 0.3) is 11.3 Å². The minimum Gasteiger partial charge on any atom is -0.490 e. The van der Waals surface area contributed by atoms with Crippen LogP contribution >= 0.6 is 0 Å². The van der Waals surface area contributed by atoms with Crippen molar-refractivity contribution in [3.05, 3.63) is 58.2 Å². The normalized spacial score (nSPS) is 13.5. The Morgan fingerprint density at radius 3 is 2.72 bits per heavy atom. The van der Waals surface area contributed by atoms with Gasteiger partial charge in [-0.15, -0.1) is 0 Å². The van der Waals surface area contributed by atoms with Crippen LogP contribution in [0.3, 0.4) is 0 Å². The molecule has 0 N–H and O–H groups in total. The Morgan fingerprint density at radius 2 is 1.92 bits per heavy atom. The molecule has 0 amide bonds. The molecule has 7 heteroatoms. The molecule has 0 aliphatic carbocycles. The van der Waals surface area contributed by atoms with Crippen LogP contribution in [0.2, 0.25) is 0 Å². The maximum absolute atomic E-state index is 12.1. The molecular formula is C18H17N3O4. The van der Waals surface area contributed by atoms with Crippen molar-refractivity contribution in [3.8, 4) is 22.8 Å². The van der Waals surface area contributed by atoms with E-state index < -0.39 is 0 Å². The zero-order valence-corrected chi connectivity index (χ0v) is 13.8. The van der Waals surface area contributed by atoms with E-state index >= 15 is 0 Å². The monoisotopic (exact) mass is 339 g/mol. The van der Waals surface area contributed by atoms with Gasteiger partial charge in [-0.05, 0) is 31.2 Å². The summed E-state index contributed by atoms with van der Waals surface area (Å²) >= 11 is 0. The topological polar surface area (TPSA) is 79.4 Å². The molecule has 1 aliphatic rings. The molecule has 25 heavy (non-hydrogen) atoms. The van der Waals surface area contributed by atoms with E-state index in [9.17, 15) is 4.79 Å². The van der Waals surface area contributed by atoms with Crippen LogP contribution in [0.5, 0.6) is 11.5 Å². The molecule has 0 saturated carbocycles. The summed E-state index contributed by atoms with van der Waals surface area (Å²) in [5.41, 5.74) is 1.99. The van der Waals surface area contributed by atoms with E-state index in [2.05, 4.69) is 10.3 Å². The Labute approximate surface area is 143 Å². The Morgan fingerprint density at radius 1 is 1.08 bits per heavy atom. The molecule has 1 aromatic carbocycles. The highest BCUT2D eigenvalue weighted by molar-refractivity contribution is 5.63. The fraction of sp³-hybridized carbons (Fsp3) is 0.278. The zero-order valence-electron chi connectivity index (χ0n) is 13.8. The van der Waals surface area contributed by atoms with E-state index in [0.29, 0.717) is 36.1 Å². The highest BCUT2D eigenvalue weighted by Crippen LogP contribution is 2.33. The van der Waals surface area contributed by atoms with E-state index in [1.54, 1.807) is 19.1 Å². The molecular weight excluding hydrogens is 322 g/mol. The van der Waals surface area contributed by atoms with Crippen molar-refractivity contribution in [1.29, 1.82) is 0 Å². The lowest BCUT2D eigenvalue weighted by Crippen LogP contribution is -2.23. The second-order valence-corrected chi connectivity index (χ2v) is 5.86. The third-order valence-electron chi connectivity index (χ3n) is 3.90. The zero-order chi connectivity index (χ0) is 17.2. The van der Waals surface area contributed by atoms with Crippen LogP contribution < -0.4 is 15.0 Å². The van der Waals surface area contributed by atoms with Crippen molar-refractivity contribution in [1.82, 2.24) is 14.9 Å². The number of ether oxygens (including phenoxy) is 2. The van der Waals surface area contributed by atoms with Gasteiger partial charge in [-0.1, -0.05) is 5.16 Å². The molecule has 3 aromatic rings. The molecule has 2 aromatic heterocycles. The average Bonchev–Trinajstić information content (AvgIpc) is 2.88. The van der Waals surface area contributed by atoms with Gasteiger partial charge in [-0.3, -0.25) is 4.79 Å². The van der Waals surface area contributed by atoms with Gasteiger partial charge in [0.05, 0.1) is 25.5 Å². The molecule has 1 aliphatic heterocycles. The fourth-order valence-electron chi connectivity index (χ4n) is 2.68. The van der Waals surface area contributed by atoms with Crippen molar-refractivity contribution in [3.63, 3.8) is 0 Å². The summed E-state index contributed by atoms with van der Waals surface area (Å²) in [7, 11) is 0. The first-order valence-electron chi connectivity index (χ1n) is 8.09. The smallest absolute Gasteiger partial charge is 0.267 e. The van der Waals surface area contributed by atoms with Gasteiger partial charge in [0, 0.05) is 24.1 Å². The molecule has 0 bridgehead atoms. The molecule has 7 nitrogen and oxygen atoms in total. The molecule has 0 fully saturated rings. The van der Waals surface area contributed by atoms with E-state index in [1.807, 2.05) is 18.2 Å². The minimum absolute atomic E-state index is 0.196. The second kappa shape index (κ2) is 6.43. The van der Waals surface area contributed by atoms with E-state index in [-0.39, 0.29) is 12.1 Å². The van der Waals surface area contributed by atoms with Crippen LogP contribution in [0.4, 0.5) is 0 Å². The largest absolute Gasteiger partial charge is 0.490 e. The SMILES string of the molecule is Cc1cc(Cn2nc(-c3ccc4c(c3)OCCCO4)ccc2=O)no1. The van der Waals surface area contributed by atoms with E-state index in [0.717, 1.165) is 17.7 Å². The quantitative estimate of drug-likeness (QED) is 0.729. The maximum atomic E-state index is 12.1. The van der Waals surface area contributed by atoms with Gasteiger partial charge in [0.25, 0.3) is 5.56 Å². The summed E-state index contributed by atoms with van der Waals surface area (Å²) in [5.74, 6) is 2.12. The summed E-state index contributed by atoms with van der Waals surface area (Å²) in [4.78, 5) is 12.1. The first-order chi connectivity index (χ1) is 12.2. The lowest BCUT2D eigenvalue weighted by Gasteiger charge is -2.10. The predicted molar refractivity (Wildman–Crippen MR) is 89.9 cm³/mol. The van der Waals surface area contributed by atoms with E-state index in [1.165, 1.54) is 10.7 Å². The molecule has 0 radical (unpaired) electrons. The summed E-state index contributed by atoms with van der Waals surface area (Å²) in [6, 6.07) is 10.6. The van der Waals surface area contributed by atoms with Gasteiger partial charge >= 0.3 is 0 Å². The average molecular weight is 339 g/mol. The lowest BCUT2D eigenvalue weighted by atomic mass is 10.1. The van der Waals surface area contributed by atoms with Crippen LogP contribution in [0.15, 0.2) is 45.7 Å². The van der Waals surface area contributed by atoms with Gasteiger partial charge < -0.3 is 14.0 Å². The van der Waals surface area contributed by atoms with Crippen molar-refractivity contribution >= 4 is 0 Å². The van der Waals surface area contributed by atoms with Gasteiger partial charge in [0.1, 0.15) is 11.5 Å². The fourth-order valence-corrected chi connectivity index (χ4v) is 2.68. The third kappa shape index (κ3) is 3.26. The molecule has 0 spiro atoms. The molecule has 3 heterocycles. The molecule has 0 saturated heterocycles. The Balaban J connectivity index is 1.68. The number of hydrogen-bond acceptors (Lipinski definition) is 6. The molecule has 128 valence electrons. The molecule has 0 atom stereocenters. The maximum Gasteiger partial charge on any atom is 0.267 e. The van der Waals surface area contributed by atoms with Crippen molar-refractivity contribution < 1.29 is 14.0 Å².